The number of rotatable bonds is 5. The Kier molecular flexibility index (Phi) is 5.36. The summed E-state index contributed by atoms with van der Waals surface area (Å²) in [5.41, 5.74) is -0.641. The highest BCUT2D eigenvalue weighted by atomic mass is 16.3. The maximum absolute atomic E-state index is 11.6. The van der Waals surface area contributed by atoms with Gasteiger partial charge in [-0.1, -0.05) is 0 Å². The molecule has 1 saturated heterocycles. The van der Waals surface area contributed by atoms with Gasteiger partial charge in [-0.3, -0.25) is 9.69 Å². The Morgan fingerprint density at radius 3 is 2.59 bits per heavy atom. The number of aliphatic hydroxyl groups is 1. The molecule has 100 valence electrons. The van der Waals surface area contributed by atoms with E-state index in [1.54, 1.807) is 0 Å². The van der Waals surface area contributed by atoms with E-state index in [-0.39, 0.29) is 11.9 Å². The van der Waals surface area contributed by atoms with Crippen LogP contribution >= 0.6 is 0 Å². The molecule has 3 N–H and O–H groups in total. The Morgan fingerprint density at radius 2 is 2.06 bits per heavy atom. The standard InChI is InChI=1S/C12H25N3O2/c1-10(2)14-11(16)8-15(3)9-12(17)4-6-13-7-5-12/h10,13,17H,4-9H2,1-3H3,(H,14,16). The summed E-state index contributed by atoms with van der Waals surface area (Å²) in [6.07, 6.45) is 1.51. The first-order valence-electron chi connectivity index (χ1n) is 6.32. The third-order valence-corrected chi connectivity index (χ3v) is 2.96. The number of nitrogens with one attached hydrogen (secondary N) is 2. The van der Waals surface area contributed by atoms with E-state index in [0.717, 1.165) is 25.9 Å². The number of likely N-dealkylation sites (N-methyl/N-ethyl adjacent to an activating group) is 1. The molecule has 1 heterocycles. The number of hydrogen-bond acceptors (Lipinski definition) is 4. The van der Waals surface area contributed by atoms with Crippen LogP contribution in [0.25, 0.3) is 0 Å². The van der Waals surface area contributed by atoms with Gasteiger partial charge in [-0.05, 0) is 46.8 Å². The minimum Gasteiger partial charge on any atom is -0.388 e. The van der Waals surface area contributed by atoms with Crippen LogP contribution in [-0.2, 0) is 4.79 Å². The lowest BCUT2D eigenvalue weighted by atomic mass is 9.92. The lowest BCUT2D eigenvalue weighted by molar-refractivity contribution is -0.123. The molecule has 5 nitrogen and oxygen atoms in total. The number of piperidine rings is 1. The molecule has 0 saturated carbocycles. The third-order valence-electron chi connectivity index (χ3n) is 2.96. The largest absolute Gasteiger partial charge is 0.388 e. The monoisotopic (exact) mass is 243 g/mol. The number of carbonyl (C=O) groups excluding carboxylic acids is 1. The van der Waals surface area contributed by atoms with Gasteiger partial charge < -0.3 is 15.7 Å². The van der Waals surface area contributed by atoms with Crippen LogP contribution in [-0.4, -0.2) is 60.8 Å². The van der Waals surface area contributed by atoms with Gasteiger partial charge in [-0.15, -0.1) is 0 Å². The van der Waals surface area contributed by atoms with Crippen LogP contribution < -0.4 is 10.6 Å². The Morgan fingerprint density at radius 1 is 1.47 bits per heavy atom. The van der Waals surface area contributed by atoms with E-state index in [4.69, 9.17) is 0 Å². The van der Waals surface area contributed by atoms with E-state index in [9.17, 15) is 9.90 Å². The van der Waals surface area contributed by atoms with E-state index in [0.29, 0.717) is 13.1 Å². The summed E-state index contributed by atoms with van der Waals surface area (Å²) in [5, 5.41) is 16.4. The molecular weight excluding hydrogens is 218 g/mol. The minimum absolute atomic E-state index is 0.0139. The molecule has 17 heavy (non-hydrogen) atoms. The van der Waals surface area contributed by atoms with Crippen LogP contribution in [0.4, 0.5) is 0 Å². The number of nitrogens with zero attached hydrogens (tertiary/aromatic N) is 1. The zero-order chi connectivity index (χ0) is 12.9. The molecule has 0 aromatic carbocycles. The van der Waals surface area contributed by atoms with Gasteiger partial charge in [0.25, 0.3) is 0 Å². The first kappa shape index (κ1) is 14.4. The van der Waals surface area contributed by atoms with Gasteiger partial charge in [0.1, 0.15) is 0 Å². The summed E-state index contributed by atoms with van der Waals surface area (Å²) < 4.78 is 0. The quantitative estimate of drug-likeness (QED) is 0.612. The number of hydrogen-bond donors (Lipinski definition) is 3. The molecule has 0 atom stereocenters. The van der Waals surface area contributed by atoms with Gasteiger partial charge >= 0.3 is 0 Å². The van der Waals surface area contributed by atoms with Crippen molar-refractivity contribution in [2.45, 2.75) is 38.3 Å². The molecule has 1 aliphatic rings. The maximum atomic E-state index is 11.6. The average Bonchev–Trinajstić information content (AvgIpc) is 2.15. The van der Waals surface area contributed by atoms with Crippen molar-refractivity contribution >= 4 is 5.91 Å². The first-order chi connectivity index (χ1) is 7.91. The topological polar surface area (TPSA) is 64.6 Å². The van der Waals surface area contributed by atoms with Gasteiger partial charge in [-0.2, -0.15) is 0 Å². The summed E-state index contributed by atoms with van der Waals surface area (Å²) in [6, 6.07) is 0.165. The van der Waals surface area contributed by atoms with Crippen LogP contribution in [0.1, 0.15) is 26.7 Å². The highest BCUT2D eigenvalue weighted by Crippen LogP contribution is 2.18. The molecule has 0 aromatic heterocycles. The van der Waals surface area contributed by atoms with Gasteiger partial charge in [0.05, 0.1) is 12.1 Å². The van der Waals surface area contributed by atoms with Gasteiger partial charge in [0.15, 0.2) is 0 Å². The van der Waals surface area contributed by atoms with Crippen LogP contribution in [0.3, 0.4) is 0 Å². The Balaban J connectivity index is 2.32. The Hall–Kier alpha value is -0.650. The average molecular weight is 243 g/mol. The molecule has 5 heteroatoms. The van der Waals surface area contributed by atoms with Crippen LogP contribution in [0.15, 0.2) is 0 Å². The smallest absolute Gasteiger partial charge is 0.234 e. The first-order valence-corrected chi connectivity index (χ1v) is 6.32. The van der Waals surface area contributed by atoms with Crippen molar-refractivity contribution in [2.75, 3.05) is 33.2 Å². The Bertz CT molecular complexity index is 250. The van der Waals surface area contributed by atoms with Crippen molar-refractivity contribution in [1.29, 1.82) is 0 Å². The van der Waals surface area contributed by atoms with Gasteiger partial charge in [0, 0.05) is 12.6 Å². The molecule has 1 aliphatic heterocycles. The molecule has 0 aromatic rings. The molecule has 0 aliphatic carbocycles. The predicted molar refractivity (Wildman–Crippen MR) is 67.8 cm³/mol. The second kappa shape index (κ2) is 6.33. The summed E-state index contributed by atoms with van der Waals surface area (Å²) in [5.74, 6) is 0.0139. The summed E-state index contributed by atoms with van der Waals surface area (Å²) in [4.78, 5) is 13.5. The summed E-state index contributed by atoms with van der Waals surface area (Å²) >= 11 is 0. The van der Waals surface area contributed by atoms with Crippen molar-refractivity contribution in [3.05, 3.63) is 0 Å². The van der Waals surface area contributed by atoms with Crippen molar-refractivity contribution in [3.8, 4) is 0 Å². The second-order valence-electron chi connectivity index (χ2n) is 5.37. The number of carbonyl (C=O) groups is 1. The van der Waals surface area contributed by atoms with Crippen LogP contribution in [0, 0.1) is 0 Å². The zero-order valence-electron chi connectivity index (χ0n) is 11.1. The van der Waals surface area contributed by atoms with E-state index < -0.39 is 5.60 Å². The summed E-state index contributed by atoms with van der Waals surface area (Å²) in [6.45, 7) is 6.48. The van der Waals surface area contributed by atoms with Crippen molar-refractivity contribution in [3.63, 3.8) is 0 Å². The zero-order valence-corrected chi connectivity index (χ0v) is 11.1. The lowest BCUT2D eigenvalue weighted by Gasteiger charge is -2.35. The van der Waals surface area contributed by atoms with E-state index in [1.165, 1.54) is 0 Å². The van der Waals surface area contributed by atoms with Crippen LogP contribution in [0.2, 0.25) is 0 Å². The molecule has 0 radical (unpaired) electrons. The molecule has 1 amide bonds. The molecule has 0 bridgehead atoms. The molecule has 1 rings (SSSR count). The fraction of sp³-hybridized carbons (Fsp3) is 0.917. The fourth-order valence-electron chi connectivity index (χ4n) is 2.22. The van der Waals surface area contributed by atoms with E-state index in [1.807, 2.05) is 25.8 Å². The molecular formula is C12H25N3O2. The predicted octanol–water partition coefficient (Wildman–Crippen LogP) is -0.443. The fourth-order valence-corrected chi connectivity index (χ4v) is 2.22. The van der Waals surface area contributed by atoms with Crippen molar-refractivity contribution in [1.82, 2.24) is 15.5 Å². The normalized spacial score (nSPS) is 19.6. The molecule has 1 fully saturated rings. The number of amides is 1. The SMILES string of the molecule is CC(C)NC(=O)CN(C)CC1(O)CCNCC1. The van der Waals surface area contributed by atoms with Crippen molar-refractivity contribution < 1.29 is 9.90 Å². The van der Waals surface area contributed by atoms with E-state index >= 15 is 0 Å². The Labute approximate surface area is 104 Å². The maximum Gasteiger partial charge on any atom is 0.234 e. The van der Waals surface area contributed by atoms with Crippen LogP contribution in [0.5, 0.6) is 0 Å². The second-order valence-corrected chi connectivity index (χ2v) is 5.37. The van der Waals surface area contributed by atoms with E-state index in [2.05, 4.69) is 10.6 Å². The lowest BCUT2D eigenvalue weighted by Crippen LogP contribution is -2.50. The van der Waals surface area contributed by atoms with Gasteiger partial charge in [-0.25, -0.2) is 0 Å². The summed E-state index contributed by atoms with van der Waals surface area (Å²) in [7, 11) is 1.87. The molecule has 0 unspecified atom stereocenters. The van der Waals surface area contributed by atoms with Crippen molar-refractivity contribution in [2.24, 2.45) is 0 Å². The minimum atomic E-state index is -0.641. The highest BCUT2D eigenvalue weighted by molar-refractivity contribution is 5.78. The molecule has 0 spiro atoms. The van der Waals surface area contributed by atoms with Gasteiger partial charge in [0.2, 0.25) is 5.91 Å². The highest BCUT2D eigenvalue weighted by Gasteiger charge is 2.30. The third kappa shape index (κ3) is 5.48.